The zero-order valence-electron chi connectivity index (χ0n) is 14.0. The maximum absolute atomic E-state index is 13.5. The van der Waals surface area contributed by atoms with E-state index in [4.69, 9.17) is 11.6 Å². The van der Waals surface area contributed by atoms with Gasteiger partial charge in [-0.15, -0.1) is 0 Å². The quantitative estimate of drug-likeness (QED) is 0.862. The average molecular weight is 395 g/mol. The molecule has 1 aromatic heterocycles. The van der Waals surface area contributed by atoms with Crippen LogP contribution < -0.4 is 0 Å². The summed E-state index contributed by atoms with van der Waals surface area (Å²) in [6, 6.07) is 5.13. The van der Waals surface area contributed by atoms with Crippen LogP contribution in [0.1, 0.15) is 32.1 Å². The second-order valence-electron chi connectivity index (χ2n) is 6.98. The van der Waals surface area contributed by atoms with Crippen molar-refractivity contribution in [3.63, 3.8) is 0 Å². The molecule has 1 aliphatic heterocycles. The standard InChI is InChI=1S/C18H19ClN2O4S/c19-13-8-9-20-17-12(13)5-3-7-16(17)26(24,25)21-14-6-2-1-4-11(14)10-15(21)18(22)23/h3,5,7-9,11,14-15H,1-2,4,6,10H2,(H,22,23). The van der Waals surface area contributed by atoms with Crippen LogP contribution in [0, 0.1) is 5.92 Å². The van der Waals surface area contributed by atoms with Gasteiger partial charge in [0.25, 0.3) is 0 Å². The maximum Gasteiger partial charge on any atom is 0.322 e. The minimum atomic E-state index is -4.02. The van der Waals surface area contributed by atoms with Crippen LogP contribution >= 0.6 is 11.6 Å². The summed E-state index contributed by atoms with van der Waals surface area (Å²) in [6.45, 7) is 0. The lowest BCUT2D eigenvalue weighted by Crippen LogP contribution is -2.46. The molecule has 2 fully saturated rings. The van der Waals surface area contributed by atoms with E-state index in [0.717, 1.165) is 19.3 Å². The van der Waals surface area contributed by atoms with Gasteiger partial charge in [-0.25, -0.2) is 8.42 Å². The second kappa shape index (κ2) is 6.48. The molecule has 1 N–H and O–H groups in total. The minimum absolute atomic E-state index is 0.0231. The zero-order chi connectivity index (χ0) is 18.5. The number of para-hydroxylation sites is 1. The molecular weight excluding hydrogens is 376 g/mol. The van der Waals surface area contributed by atoms with Crippen LogP contribution in [0.3, 0.4) is 0 Å². The number of fused-ring (bicyclic) bond motifs is 2. The van der Waals surface area contributed by atoms with Crippen LogP contribution in [0.4, 0.5) is 0 Å². The number of benzene rings is 1. The summed E-state index contributed by atoms with van der Waals surface area (Å²) < 4.78 is 28.3. The Morgan fingerprint density at radius 2 is 2.00 bits per heavy atom. The van der Waals surface area contributed by atoms with Crippen LogP contribution in [0.25, 0.3) is 10.9 Å². The predicted octanol–water partition coefficient (Wildman–Crippen LogP) is 3.29. The highest BCUT2D eigenvalue weighted by Gasteiger charge is 2.51. The molecule has 0 spiro atoms. The third kappa shape index (κ3) is 2.69. The molecule has 8 heteroatoms. The highest BCUT2D eigenvalue weighted by molar-refractivity contribution is 7.89. The molecular formula is C18H19ClN2O4S. The molecule has 2 aromatic rings. The summed E-state index contributed by atoms with van der Waals surface area (Å²) in [7, 11) is -4.02. The Balaban J connectivity index is 1.88. The molecule has 0 radical (unpaired) electrons. The van der Waals surface area contributed by atoms with Crippen LogP contribution in [0.5, 0.6) is 0 Å². The van der Waals surface area contributed by atoms with Crippen molar-refractivity contribution in [1.29, 1.82) is 0 Å². The first-order chi connectivity index (χ1) is 12.4. The molecule has 1 saturated carbocycles. The van der Waals surface area contributed by atoms with Crippen LogP contribution in [-0.2, 0) is 14.8 Å². The molecule has 1 aliphatic carbocycles. The number of carboxylic acid groups (broad SMARTS) is 1. The average Bonchev–Trinajstić information content (AvgIpc) is 3.02. The zero-order valence-corrected chi connectivity index (χ0v) is 15.6. The molecule has 4 rings (SSSR count). The van der Waals surface area contributed by atoms with E-state index in [1.807, 2.05) is 0 Å². The molecule has 6 nitrogen and oxygen atoms in total. The Bertz CT molecular complexity index is 978. The largest absolute Gasteiger partial charge is 0.480 e. The van der Waals surface area contributed by atoms with Crippen molar-refractivity contribution in [2.24, 2.45) is 5.92 Å². The Hall–Kier alpha value is -1.70. The number of hydrogen-bond acceptors (Lipinski definition) is 4. The fourth-order valence-corrected chi connectivity index (χ4v) is 6.65. The summed E-state index contributed by atoms with van der Waals surface area (Å²) >= 11 is 6.19. The number of aliphatic carboxylic acids is 1. The number of hydrogen-bond donors (Lipinski definition) is 1. The maximum atomic E-state index is 13.5. The molecule has 1 aromatic carbocycles. The third-order valence-electron chi connectivity index (χ3n) is 5.55. The van der Waals surface area contributed by atoms with Crippen molar-refractivity contribution in [3.05, 3.63) is 35.5 Å². The van der Waals surface area contributed by atoms with E-state index in [9.17, 15) is 18.3 Å². The summed E-state index contributed by atoms with van der Waals surface area (Å²) in [4.78, 5) is 16.0. The van der Waals surface area contributed by atoms with E-state index in [1.165, 1.54) is 16.6 Å². The van der Waals surface area contributed by atoms with Gasteiger partial charge in [-0.3, -0.25) is 9.78 Å². The molecule has 3 unspecified atom stereocenters. The van der Waals surface area contributed by atoms with Crippen molar-refractivity contribution in [2.45, 2.75) is 49.1 Å². The van der Waals surface area contributed by atoms with Gasteiger partial charge < -0.3 is 5.11 Å². The van der Waals surface area contributed by atoms with Gasteiger partial charge in [0.2, 0.25) is 10.0 Å². The normalized spacial score (nSPS) is 26.7. The first-order valence-corrected chi connectivity index (χ1v) is 10.5. The number of nitrogens with zero attached hydrogens (tertiary/aromatic N) is 2. The molecule has 1 saturated heterocycles. The summed E-state index contributed by atoms with van der Waals surface area (Å²) in [5, 5.41) is 10.6. The minimum Gasteiger partial charge on any atom is -0.480 e. The Morgan fingerprint density at radius 1 is 1.23 bits per heavy atom. The predicted molar refractivity (Wildman–Crippen MR) is 97.6 cm³/mol. The Kier molecular flexibility index (Phi) is 4.41. The van der Waals surface area contributed by atoms with Crippen LogP contribution in [0.15, 0.2) is 35.4 Å². The van der Waals surface area contributed by atoms with Gasteiger partial charge in [0, 0.05) is 17.6 Å². The first-order valence-electron chi connectivity index (χ1n) is 8.71. The molecule has 26 heavy (non-hydrogen) atoms. The van der Waals surface area contributed by atoms with Gasteiger partial charge in [-0.2, -0.15) is 4.31 Å². The van der Waals surface area contributed by atoms with Gasteiger partial charge in [0.1, 0.15) is 10.9 Å². The van der Waals surface area contributed by atoms with E-state index in [0.29, 0.717) is 23.3 Å². The highest BCUT2D eigenvalue weighted by atomic mass is 35.5. The summed E-state index contributed by atoms with van der Waals surface area (Å²) in [6.07, 6.45) is 5.35. The monoisotopic (exact) mass is 394 g/mol. The van der Waals surface area contributed by atoms with Crippen LogP contribution in [-0.4, -0.2) is 40.9 Å². The van der Waals surface area contributed by atoms with E-state index in [-0.39, 0.29) is 22.4 Å². The molecule has 2 aliphatic rings. The van der Waals surface area contributed by atoms with Gasteiger partial charge in [0.15, 0.2) is 0 Å². The molecule has 2 heterocycles. The fraction of sp³-hybridized carbons (Fsp3) is 0.444. The van der Waals surface area contributed by atoms with E-state index in [1.54, 1.807) is 18.2 Å². The van der Waals surface area contributed by atoms with E-state index < -0.39 is 22.0 Å². The van der Waals surface area contributed by atoms with Gasteiger partial charge in [-0.05, 0) is 37.3 Å². The second-order valence-corrected chi connectivity index (χ2v) is 9.20. The van der Waals surface area contributed by atoms with E-state index >= 15 is 0 Å². The number of halogens is 1. The Labute approximate surface area is 156 Å². The van der Waals surface area contributed by atoms with Crippen molar-refractivity contribution >= 4 is 38.5 Å². The Morgan fingerprint density at radius 3 is 2.77 bits per heavy atom. The number of carbonyl (C=O) groups is 1. The SMILES string of the molecule is O=C(O)C1CC2CCCCC2N1S(=O)(=O)c1cccc2c(Cl)ccnc12. The molecule has 138 valence electrons. The smallest absolute Gasteiger partial charge is 0.322 e. The fourth-order valence-electron chi connectivity index (χ4n) is 4.41. The number of sulfonamides is 1. The number of pyridine rings is 1. The van der Waals surface area contributed by atoms with Crippen molar-refractivity contribution in [1.82, 2.24) is 9.29 Å². The lowest BCUT2D eigenvalue weighted by molar-refractivity contribution is -0.141. The third-order valence-corrected chi connectivity index (χ3v) is 7.85. The topological polar surface area (TPSA) is 87.6 Å². The van der Waals surface area contributed by atoms with Gasteiger partial charge >= 0.3 is 5.97 Å². The first kappa shape index (κ1) is 17.7. The van der Waals surface area contributed by atoms with Crippen molar-refractivity contribution in [2.75, 3.05) is 0 Å². The number of aromatic nitrogens is 1. The molecule has 0 amide bonds. The van der Waals surface area contributed by atoms with E-state index in [2.05, 4.69) is 4.98 Å². The number of carboxylic acids is 1. The summed E-state index contributed by atoms with van der Waals surface area (Å²) in [5.41, 5.74) is 0.281. The van der Waals surface area contributed by atoms with Gasteiger partial charge in [-0.1, -0.05) is 36.6 Å². The highest BCUT2D eigenvalue weighted by Crippen LogP contribution is 2.43. The van der Waals surface area contributed by atoms with Crippen molar-refractivity contribution in [3.8, 4) is 0 Å². The molecule has 0 bridgehead atoms. The summed E-state index contributed by atoms with van der Waals surface area (Å²) in [5.74, 6) is -0.986. The lowest BCUT2D eigenvalue weighted by Gasteiger charge is -2.32. The van der Waals surface area contributed by atoms with Crippen molar-refractivity contribution < 1.29 is 18.3 Å². The van der Waals surface area contributed by atoms with Gasteiger partial charge in [0.05, 0.1) is 10.5 Å². The number of rotatable bonds is 3. The lowest BCUT2D eigenvalue weighted by atomic mass is 9.85. The molecule has 3 atom stereocenters. The van der Waals surface area contributed by atoms with Crippen LogP contribution in [0.2, 0.25) is 5.02 Å².